The summed E-state index contributed by atoms with van der Waals surface area (Å²) in [6.45, 7) is 0. The molecular weight excluding hydrogens is 332 g/mol. The lowest BCUT2D eigenvalue weighted by Gasteiger charge is -2.05. The van der Waals surface area contributed by atoms with Gasteiger partial charge in [0.15, 0.2) is 0 Å². The van der Waals surface area contributed by atoms with Crippen LogP contribution in [-0.2, 0) is 0 Å². The fraction of sp³-hybridized carbons (Fsp3) is 0. The summed E-state index contributed by atoms with van der Waals surface area (Å²) in [5.74, 6) is 1.03. The molecule has 0 amide bonds. The molecule has 3 heteroatoms. The third-order valence-electron chi connectivity index (χ3n) is 4.60. The average Bonchev–Trinajstić information content (AvgIpc) is 3.24. The topological polar surface area (TPSA) is 38.9 Å². The van der Waals surface area contributed by atoms with Crippen molar-refractivity contribution in [1.29, 1.82) is 0 Å². The van der Waals surface area contributed by atoms with E-state index in [9.17, 15) is 0 Å². The molecule has 0 unspecified atom stereocenters. The Labute approximate surface area is 156 Å². The molecule has 0 saturated heterocycles. The zero-order valence-electron chi connectivity index (χ0n) is 14.5. The predicted molar refractivity (Wildman–Crippen MR) is 107 cm³/mol. The van der Waals surface area contributed by atoms with Crippen LogP contribution in [0.2, 0.25) is 0 Å². The minimum Gasteiger partial charge on any atom is -0.416 e. The van der Waals surface area contributed by atoms with Crippen molar-refractivity contribution in [2.75, 3.05) is 0 Å². The zero-order chi connectivity index (χ0) is 18.1. The fourth-order valence-electron chi connectivity index (χ4n) is 3.16. The van der Waals surface area contributed by atoms with Crippen LogP contribution in [0.1, 0.15) is 0 Å². The highest BCUT2D eigenvalue weighted by Gasteiger charge is 2.10. The van der Waals surface area contributed by atoms with Crippen molar-refractivity contribution < 1.29 is 4.42 Å². The Kier molecular flexibility index (Phi) is 3.76. The van der Waals surface area contributed by atoms with E-state index >= 15 is 0 Å². The predicted octanol–water partition coefficient (Wildman–Crippen LogP) is 6.02. The van der Waals surface area contributed by atoms with Crippen molar-refractivity contribution in [1.82, 2.24) is 10.2 Å². The van der Waals surface area contributed by atoms with Crippen molar-refractivity contribution in [3.05, 3.63) is 97.1 Å². The average molecular weight is 347 g/mol. The van der Waals surface area contributed by atoms with Crippen LogP contribution in [0.4, 0.5) is 0 Å². The van der Waals surface area contributed by atoms with Gasteiger partial charge in [-0.25, -0.2) is 0 Å². The standard InChI is InChI=1S/C24H15N2O/c1-2-7-19(8-3-1)23-25-26-24(27-23)20-13-10-18(11-14-20)22-15-12-17-6-4-5-9-21(17)16-22/h2-16H. The highest BCUT2D eigenvalue weighted by molar-refractivity contribution is 5.87. The molecule has 0 aliphatic heterocycles. The first-order valence-electron chi connectivity index (χ1n) is 8.76. The van der Waals surface area contributed by atoms with Crippen LogP contribution in [0.25, 0.3) is 44.8 Å². The van der Waals surface area contributed by atoms with E-state index in [1.807, 2.05) is 36.4 Å². The maximum Gasteiger partial charge on any atom is 0.248 e. The summed E-state index contributed by atoms with van der Waals surface area (Å²) >= 11 is 0. The van der Waals surface area contributed by atoms with Crippen LogP contribution in [0.3, 0.4) is 0 Å². The van der Waals surface area contributed by atoms with Crippen LogP contribution in [0, 0.1) is 6.07 Å². The van der Waals surface area contributed by atoms with Gasteiger partial charge in [0.1, 0.15) is 0 Å². The van der Waals surface area contributed by atoms with E-state index in [4.69, 9.17) is 4.42 Å². The summed E-state index contributed by atoms with van der Waals surface area (Å²) < 4.78 is 5.82. The molecule has 127 valence electrons. The maximum absolute atomic E-state index is 5.82. The lowest BCUT2D eigenvalue weighted by Crippen LogP contribution is -1.81. The number of benzene rings is 4. The number of rotatable bonds is 3. The van der Waals surface area contributed by atoms with E-state index in [-0.39, 0.29) is 0 Å². The molecule has 4 aromatic carbocycles. The van der Waals surface area contributed by atoms with Gasteiger partial charge >= 0.3 is 0 Å². The SMILES string of the molecule is [c]1ccc(-c2nnc(-c3ccc(-c4ccc5ccccc5c4)cc3)o2)cc1. The van der Waals surface area contributed by atoms with Crippen LogP contribution in [0.5, 0.6) is 0 Å². The lowest BCUT2D eigenvalue weighted by atomic mass is 10.0. The quantitative estimate of drug-likeness (QED) is 0.400. The van der Waals surface area contributed by atoms with Crippen molar-refractivity contribution in [3.8, 4) is 34.0 Å². The molecule has 0 spiro atoms. The first kappa shape index (κ1) is 15.5. The maximum atomic E-state index is 5.82. The Bertz CT molecular complexity index is 1210. The second kappa shape index (κ2) is 6.54. The van der Waals surface area contributed by atoms with Crippen LogP contribution < -0.4 is 0 Å². The van der Waals surface area contributed by atoms with Gasteiger partial charge in [-0.2, -0.15) is 0 Å². The van der Waals surface area contributed by atoms with E-state index < -0.39 is 0 Å². The van der Waals surface area contributed by atoms with E-state index in [2.05, 4.69) is 70.9 Å². The number of aromatic nitrogens is 2. The van der Waals surface area contributed by atoms with Gasteiger partial charge in [0, 0.05) is 11.1 Å². The number of nitrogens with zero attached hydrogens (tertiary/aromatic N) is 2. The summed E-state index contributed by atoms with van der Waals surface area (Å²) in [5.41, 5.74) is 4.14. The van der Waals surface area contributed by atoms with Crippen molar-refractivity contribution >= 4 is 10.8 Å². The van der Waals surface area contributed by atoms with Crippen molar-refractivity contribution in [2.24, 2.45) is 0 Å². The molecule has 3 nitrogen and oxygen atoms in total. The van der Waals surface area contributed by atoms with Gasteiger partial charge in [-0.1, -0.05) is 60.7 Å². The van der Waals surface area contributed by atoms with E-state index in [0.717, 1.165) is 16.7 Å². The fourth-order valence-corrected chi connectivity index (χ4v) is 3.16. The molecule has 1 radical (unpaired) electrons. The van der Waals surface area contributed by atoms with Crippen molar-refractivity contribution in [2.45, 2.75) is 0 Å². The van der Waals surface area contributed by atoms with Gasteiger partial charge in [0.2, 0.25) is 11.8 Å². The Hall–Kier alpha value is -3.72. The van der Waals surface area contributed by atoms with Gasteiger partial charge in [-0.15, -0.1) is 10.2 Å². The molecule has 1 heterocycles. The number of fused-ring (bicyclic) bond motifs is 1. The Balaban J connectivity index is 1.45. The normalized spacial score (nSPS) is 11.0. The first-order valence-corrected chi connectivity index (χ1v) is 8.76. The molecule has 5 aromatic rings. The Morgan fingerprint density at radius 3 is 1.89 bits per heavy atom. The molecule has 0 bridgehead atoms. The smallest absolute Gasteiger partial charge is 0.248 e. The Morgan fingerprint density at radius 1 is 0.556 bits per heavy atom. The molecule has 0 atom stereocenters. The second-order valence-corrected chi connectivity index (χ2v) is 6.34. The van der Waals surface area contributed by atoms with Gasteiger partial charge < -0.3 is 4.42 Å². The third-order valence-corrected chi connectivity index (χ3v) is 4.60. The minimum absolute atomic E-state index is 0.512. The summed E-state index contributed by atoms with van der Waals surface area (Å²) in [7, 11) is 0. The summed E-state index contributed by atoms with van der Waals surface area (Å²) in [6, 6.07) is 33.5. The molecular formula is C24H15N2O. The van der Waals surface area contributed by atoms with Gasteiger partial charge in [0.05, 0.1) is 0 Å². The first-order chi connectivity index (χ1) is 13.4. The molecule has 27 heavy (non-hydrogen) atoms. The van der Waals surface area contributed by atoms with Gasteiger partial charge in [0.25, 0.3) is 0 Å². The van der Waals surface area contributed by atoms with E-state index in [0.29, 0.717) is 11.8 Å². The monoisotopic (exact) mass is 347 g/mol. The molecule has 0 saturated carbocycles. The molecule has 0 aliphatic carbocycles. The second-order valence-electron chi connectivity index (χ2n) is 6.34. The van der Waals surface area contributed by atoms with Gasteiger partial charge in [-0.05, 0) is 58.3 Å². The largest absolute Gasteiger partial charge is 0.416 e. The lowest BCUT2D eigenvalue weighted by molar-refractivity contribution is 0.584. The molecule has 0 N–H and O–H groups in total. The van der Waals surface area contributed by atoms with Gasteiger partial charge in [-0.3, -0.25) is 0 Å². The molecule has 5 rings (SSSR count). The highest BCUT2D eigenvalue weighted by Crippen LogP contribution is 2.28. The van der Waals surface area contributed by atoms with Crippen LogP contribution in [0.15, 0.2) is 95.4 Å². The summed E-state index contributed by atoms with van der Waals surface area (Å²) in [5, 5.41) is 10.8. The summed E-state index contributed by atoms with van der Waals surface area (Å²) in [4.78, 5) is 0. The Morgan fingerprint density at radius 2 is 1.15 bits per heavy atom. The zero-order valence-corrected chi connectivity index (χ0v) is 14.5. The molecule has 1 aromatic heterocycles. The van der Waals surface area contributed by atoms with E-state index in [1.54, 1.807) is 0 Å². The van der Waals surface area contributed by atoms with Crippen LogP contribution >= 0.6 is 0 Å². The van der Waals surface area contributed by atoms with E-state index in [1.165, 1.54) is 16.3 Å². The van der Waals surface area contributed by atoms with Crippen LogP contribution in [-0.4, -0.2) is 10.2 Å². The number of hydrogen-bond donors (Lipinski definition) is 0. The van der Waals surface area contributed by atoms with Crippen molar-refractivity contribution in [3.63, 3.8) is 0 Å². The molecule has 0 fully saturated rings. The minimum atomic E-state index is 0.512. The molecule has 0 aliphatic rings. The highest BCUT2D eigenvalue weighted by atomic mass is 16.4. The summed E-state index contributed by atoms with van der Waals surface area (Å²) in [6.07, 6.45) is 0. The third kappa shape index (κ3) is 3.00. The number of hydrogen-bond acceptors (Lipinski definition) is 3.